The van der Waals surface area contributed by atoms with Gasteiger partial charge in [-0.1, -0.05) is 0 Å². The zero-order chi connectivity index (χ0) is 16.3. The average Bonchev–Trinajstić information content (AvgIpc) is 2.47. The molecule has 1 saturated heterocycles. The molecule has 1 aromatic carbocycles. The van der Waals surface area contributed by atoms with Gasteiger partial charge in [-0.25, -0.2) is 4.79 Å². The largest absolute Gasteiger partial charge is 0.481 e. The molecule has 0 saturated carbocycles. The molecule has 7 nitrogen and oxygen atoms in total. The molecule has 1 aliphatic rings. The van der Waals surface area contributed by atoms with Crippen LogP contribution in [-0.4, -0.2) is 40.5 Å². The van der Waals surface area contributed by atoms with E-state index < -0.39 is 17.9 Å². The van der Waals surface area contributed by atoms with Gasteiger partial charge >= 0.3 is 12.0 Å². The highest BCUT2D eigenvalue weighted by Gasteiger charge is 2.32. The van der Waals surface area contributed by atoms with Crippen molar-refractivity contribution in [1.29, 1.82) is 0 Å². The van der Waals surface area contributed by atoms with Crippen molar-refractivity contribution in [3.05, 3.63) is 29.8 Å². The summed E-state index contributed by atoms with van der Waals surface area (Å²) in [5.74, 6) is -1.59. The first-order valence-corrected chi connectivity index (χ1v) is 7.08. The summed E-state index contributed by atoms with van der Waals surface area (Å²) in [6, 6.07) is 5.68. The summed E-state index contributed by atoms with van der Waals surface area (Å²) in [4.78, 5) is 36.0. The second-order valence-electron chi connectivity index (χ2n) is 5.49. The minimum absolute atomic E-state index is 0.00604. The Morgan fingerprint density at radius 2 is 1.86 bits per heavy atom. The van der Waals surface area contributed by atoms with Gasteiger partial charge in [-0.2, -0.15) is 0 Å². The van der Waals surface area contributed by atoms with Gasteiger partial charge in [0.1, 0.15) is 0 Å². The van der Waals surface area contributed by atoms with Crippen LogP contribution in [0, 0.1) is 5.92 Å². The lowest BCUT2D eigenvalue weighted by atomic mass is 9.93. The number of nitrogens with one attached hydrogen (secondary N) is 1. The number of anilines is 1. The van der Waals surface area contributed by atoms with Crippen LogP contribution in [0.5, 0.6) is 0 Å². The van der Waals surface area contributed by atoms with Gasteiger partial charge in [0.15, 0.2) is 0 Å². The monoisotopic (exact) mass is 305 g/mol. The summed E-state index contributed by atoms with van der Waals surface area (Å²) < 4.78 is 0. The second-order valence-corrected chi connectivity index (χ2v) is 5.49. The molecule has 0 aromatic heterocycles. The lowest BCUT2D eigenvalue weighted by Gasteiger charge is -2.36. The van der Waals surface area contributed by atoms with Gasteiger partial charge < -0.3 is 21.1 Å². The fourth-order valence-electron chi connectivity index (χ4n) is 2.60. The molecule has 3 amide bonds. The zero-order valence-electron chi connectivity index (χ0n) is 12.3. The molecule has 0 radical (unpaired) electrons. The van der Waals surface area contributed by atoms with E-state index in [0.29, 0.717) is 24.1 Å². The molecule has 4 N–H and O–H groups in total. The van der Waals surface area contributed by atoms with Gasteiger partial charge in [0.05, 0.1) is 5.92 Å². The predicted molar refractivity (Wildman–Crippen MR) is 80.5 cm³/mol. The maximum atomic E-state index is 12.5. The van der Waals surface area contributed by atoms with E-state index >= 15 is 0 Å². The van der Waals surface area contributed by atoms with Crippen LogP contribution in [0.25, 0.3) is 0 Å². The molecule has 0 aliphatic carbocycles. The van der Waals surface area contributed by atoms with E-state index in [4.69, 9.17) is 10.8 Å². The fourth-order valence-corrected chi connectivity index (χ4v) is 2.60. The standard InChI is InChI=1S/C15H19N3O4/c1-9-2-3-11(14(20)21)8-18(9)13(19)10-4-6-12(7-5-10)17-15(16)22/h4-7,9,11H,2-3,8H2,1H3,(H,20,21)(H3,16,17,22). The topological polar surface area (TPSA) is 113 Å². The van der Waals surface area contributed by atoms with Crippen molar-refractivity contribution in [2.45, 2.75) is 25.8 Å². The maximum Gasteiger partial charge on any atom is 0.316 e. The first-order chi connectivity index (χ1) is 10.4. The Labute approximate surface area is 128 Å². The van der Waals surface area contributed by atoms with Crippen LogP contribution >= 0.6 is 0 Å². The summed E-state index contributed by atoms with van der Waals surface area (Å²) in [5, 5.41) is 11.5. The smallest absolute Gasteiger partial charge is 0.316 e. The van der Waals surface area contributed by atoms with E-state index in [0.717, 1.165) is 0 Å². The van der Waals surface area contributed by atoms with Crippen LogP contribution in [0.15, 0.2) is 24.3 Å². The molecular weight excluding hydrogens is 286 g/mol. The van der Waals surface area contributed by atoms with E-state index in [-0.39, 0.29) is 18.5 Å². The lowest BCUT2D eigenvalue weighted by molar-refractivity contribution is -0.143. The highest BCUT2D eigenvalue weighted by molar-refractivity contribution is 5.96. The molecule has 0 spiro atoms. The van der Waals surface area contributed by atoms with E-state index in [1.54, 1.807) is 29.2 Å². The molecular formula is C15H19N3O4. The number of carbonyl (C=O) groups is 3. The second kappa shape index (κ2) is 6.46. The van der Waals surface area contributed by atoms with Crippen molar-refractivity contribution in [1.82, 2.24) is 4.90 Å². The normalized spacial score (nSPS) is 21.2. The van der Waals surface area contributed by atoms with E-state index in [1.165, 1.54) is 0 Å². The number of hydrogen-bond donors (Lipinski definition) is 3. The van der Waals surface area contributed by atoms with Crippen molar-refractivity contribution in [3.8, 4) is 0 Å². The number of aliphatic carboxylic acids is 1. The third kappa shape index (κ3) is 3.55. The molecule has 0 bridgehead atoms. The quantitative estimate of drug-likeness (QED) is 0.785. The Morgan fingerprint density at radius 1 is 1.23 bits per heavy atom. The van der Waals surface area contributed by atoms with Gasteiger partial charge in [-0.15, -0.1) is 0 Å². The molecule has 2 rings (SSSR count). The van der Waals surface area contributed by atoms with Crippen LogP contribution in [0.2, 0.25) is 0 Å². The lowest BCUT2D eigenvalue weighted by Crippen LogP contribution is -2.47. The highest BCUT2D eigenvalue weighted by atomic mass is 16.4. The van der Waals surface area contributed by atoms with Gasteiger partial charge in [0.2, 0.25) is 0 Å². The van der Waals surface area contributed by atoms with Crippen LogP contribution in [0.4, 0.5) is 10.5 Å². The van der Waals surface area contributed by atoms with Crippen molar-refractivity contribution < 1.29 is 19.5 Å². The molecule has 2 atom stereocenters. The zero-order valence-corrected chi connectivity index (χ0v) is 12.3. The number of piperidine rings is 1. The predicted octanol–water partition coefficient (Wildman–Crippen LogP) is 1.50. The minimum atomic E-state index is -0.870. The number of benzene rings is 1. The fraction of sp³-hybridized carbons (Fsp3) is 0.400. The number of carboxylic acids is 1. The van der Waals surface area contributed by atoms with E-state index in [1.807, 2.05) is 6.92 Å². The first-order valence-electron chi connectivity index (χ1n) is 7.08. The average molecular weight is 305 g/mol. The van der Waals surface area contributed by atoms with Crippen molar-refractivity contribution in [2.24, 2.45) is 11.7 Å². The van der Waals surface area contributed by atoms with Crippen LogP contribution in [-0.2, 0) is 4.79 Å². The Balaban J connectivity index is 2.12. The van der Waals surface area contributed by atoms with Crippen LogP contribution in [0.3, 0.4) is 0 Å². The molecule has 1 fully saturated rings. The summed E-state index contributed by atoms with van der Waals surface area (Å²) in [6.07, 6.45) is 1.26. The van der Waals surface area contributed by atoms with Gasteiger partial charge in [0.25, 0.3) is 5.91 Å². The van der Waals surface area contributed by atoms with E-state index in [2.05, 4.69) is 5.32 Å². The number of nitrogens with two attached hydrogens (primary N) is 1. The molecule has 2 unspecified atom stereocenters. The Kier molecular flexibility index (Phi) is 4.65. The molecule has 118 valence electrons. The number of nitrogens with zero attached hydrogens (tertiary/aromatic N) is 1. The van der Waals surface area contributed by atoms with Crippen molar-refractivity contribution in [3.63, 3.8) is 0 Å². The maximum absolute atomic E-state index is 12.5. The van der Waals surface area contributed by atoms with Crippen LogP contribution < -0.4 is 11.1 Å². The van der Waals surface area contributed by atoms with Gasteiger partial charge in [-0.05, 0) is 44.0 Å². The number of carboxylic acid groups (broad SMARTS) is 1. The summed E-state index contributed by atoms with van der Waals surface area (Å²) in [5.41, 5.74) is 5.97. The third-order valence-corrected chi connectivity index (χ3v) is 3.89. The Bertz CT molecular complexity index is 585. The Hall–Kier alpha value is -2.57. The molecule has 1 heterocycles. The Morgan fingerprint density at radius 3 is 2.41 bits per heavy atom. The summed E-state index contributed by atoms with van der Waals surface area (Å²) in [7, 11) is 0. The third-order valence-electron chi connectivity index (χ3n) is 3.89. The SMILES string of the molecule is CC1CCC(C(=O)O)CN1C(=O)c1ccc(NC(N)=O)cc1. The number of amides is 3. The van der Waals surface area contributed by atoms with Crippen molar-refractivity contribution >= 4 is 23.6 Å². The number of urea groups is 1. The summed E-state index contributed by atoms with van der Waals surface area (Å²) >= 11 is 0. The first kappa shape index (κ1) is 15.8. The summed E-state index contributed by atoms with van der Waals surface area (Å²) in [6.45, 7) is 2.13. The highest BCUT2D eigenvalue weighted by Crippen LogP contribution is 2.24. The number of carbonyl (C=O) groups excluding carboxylic acids is 2. The minimum Gasteiger partial charge on any atom is -0.481 e. The number of rotatable bonds is 3. The van der Waals surface area contributed by atoms with E-state index in [9.17, 15) is 14.4 Å². The van der Waals surface area contributed by atoms with Crippen LogP contribution in [0.1, 0.15) is 30.1 Å². The van der Waals surface area contributed by atoms with Gasteiger partial charge in [-0.3, -0.25) is 9.59 Å². The molecule has 1 aliphatic heterocycles. The molecule has 7 heteroatoms. The number of primary amides is 1. The molecule has 1 aromatic rings. The number of likely N-dealkylation sites (tertiary alicyclic amines) is 1. The molecule has 22 heavy (non-hydrogen) atoms. The van der Waals surface area contributed by atoms with Gasteiger partial charge in [0, 0.05) is 23.8 Å². The number of hydrogen-bond acceptors (Lipinski definition) is 3. The van der Waals surface area contributed by atoms with Crippen molar-refractivity contribution in [2.75, 3.05) is 11.9 Å².